The molecule has 1 heterocycles. The highest BCUT2D eigenvalue weighted by Gasteiger charge is 2.68. The third-order valence-electron chi connectivity index (χ3n) is 3.53. The van der Waals surface area contributed by atoms with Gasteiger partial charge in [-0.3, -0.25) is 0 Å². The normalized spacial score (nSPS) is 41.6. The van der Waals surface area contributed by atoms with Gasteiger partial charge in [-0.25, -0.2) is 8.78 Å². The van der Waals surface area contributed by atoms with Crippen molar-refractivity contribution in [3.05, 3.63) is 0 Å². The molecule has 1 saturated heterocycles. The van der Waals surface area contributed by atoms with Crippen LogP contribution in [0.3, 0.4) is 0 Å². The number of alkyl halides is 3. The van der Waals surface area contributed by atoms with Crippen LogP contribution in [0.15, 0.2) is 0 Å². The highest BCUT2D eigenvalue weighted by molar-refractivity contribution is 9.09. The van der Waals surface area contributed by atoms with Gasteiger partial charge in [-0.05, 0) is 18.9 Å². The van der Waals surface area contributed by atoms with Crippen molar-refractivity contribution in [2.24, 2.45) is 11.3 Å². The van der Waals surface area contributed by atoms with E-state index in [-0.39, 0.29) is 6.42 Å². The molecule has 2 rings (SSSR count). The summed E-state index contributed by atoms with van der Waals surface area (Å²) >= 11 is 3.45. The summed E-state index contributed by atoms with van der Waals surface area (Å²) in [5, 5.41) is 0.997. The molecule has 0 amide bonds. The zero-order valence-corrected chi connectivity index (χ0v) is 9.99. The van der Waals surface area contributed by atoms with Crippen molar-refractivity contribution in [1.82, 2.24) is 4.90 Å². The van der Waals surface area contributed by atoms with E-state index in [2.05, 4.69) is 20.8 Å². The van der Waals surface area contributed by atoms with E-state index in [1.807, 2.05) is 0 Å². The second kappa shape index (κ2) is 3.41. The maximum absolute atomic E-state index is 13.0. The van der Waals surface area contributed by atoms with Crippen LogP contribution in [-0.4, -0.2) is 35.8 Å². The number of nitrogens with zero attached hydrogens (tertiary/aromatic N) is 1. The van der Waals surface area contributed by atoms with E-state index in [0.29, 0.717) is 12.5 Å². The van der Waals surface area contributed by atoms with E-state index < -0.39 is 11.3 Å². The van der Waals surface area contributed by atoms with Crippen LogP contribution in [-0.2, 0) is 0 Å². The third kappa shape index (κ3) is 1.83. The van der Waals surface area contributed by atoms with Crippen LogP contribution in [0.25, 0.3) is 0 Å². The zero-order valence-electron chi connectivity index (χ0n) is 8.40. The Morgan fingerprint density at radius 1 is 1.50 bits per heavy atom. The summed E-state index contributed by atoms with van der Waals surface area (Å²) in [4.78, 5) is 2.19. The molecule has 2 aliphatic rings. The smallest absolute Gasteiger partial charge is 0.255 e. The molecule has 0 radical (unpaired) electrons. The Hall–Kier alpha value is 0.300. The first kappa shape index (κ1) is 10.8. The quantitative estimate of drug-likeness (QED) is 0.711. The van der Waals surface area contributed by atoms with Crippen LogP contribution in [0.2, 0.25) is 0 Å². The van der Waals surface area contributed by atoms with Crippen molar-refractivity contribution in [1.29, 1.82) is 0 Å². The second-order valence-corrected chi connectivity index (χ2v) is 5.63. The van der Waals surface area contributed by atoms with Crippen LogP contribution >= 0.6 is 15.9 Å². The first-order valence-electron chi connectivity index (χ1n) is 5.13. The summed E-state index contributed by atoms with van der Waals surface area (Å²) in [6.07, 6.45) is 1.22. The molecule has 4 heteroatoms. The fourth-order valence-corrected chi connectivity index (χ4v) is 2.82. The molecule has 0 bridgehead atoms. The van der Waals surface area contributed by atoms with Gasteiger partial charge in [-0.2, -0.15) is 0 Å². The molecule has 2 atom stereocenters. The zero-order chi connectivity index (χ0) is 10.4. The van der Waals surface area contributed by atoms with Crippen molar-refractivity contribution in [2.45, 2.75) is 25.7 Å². The Labute approximate surface area is 92.0 Å². The summed E-state index contributed by atoms with van der Waals surface area (Å²) in [6.45, 7) is 4.25. The molecular formula is C10H16BrF2N. The summed E-state index contributed by atoms with van der Waals surface area (Å²) in [6, 6.07) is 0. The lowest BCUT2D eigenvalue weighted by Gasteiger charge is -2.20. The molecule has 0 aromatic rings. The SMILES string of the molecule is CC1(CN2CCC(CBr)C2)CC1(F)F. The molecule has 14 heavy (non-hydrogen) atoms. The highest BCUT2D eigenvalue weighted by Crippen LogP contribution is 2.60. The Morgan fingerprint density at radius 2 is 2.14 bits per heavy atom. The molecule has 1 saturated carbocycles. The number of halogens is 3. The van der Waals surface area contributed by atoms with E-state index in [9.17, 15) is 8.78 Å². The monoisotopic (exact) mass is 267 g/mol. The van der Waals surface area contributed by atoms with Gasteiger partial charge in [0, 0.05) is 30.3 Å². The fraction of sp³-hybridized carbons (Fsp3) is 1.00. The minimum absolute atomic E-state index is 0.0788. The van der Waals surface area contributed by atoms with Gasteiger partial charge in [-0.1, -0.05) is 22.9 Å². The molecule has 0 aromatic heterocycles. The van der Waals surface area contributed by atoms with Crippen LogP contribution in [0.1, 0.15) is 19.8 Å². The van der Waals surface area contributed by atoms with Gasteiger partial charge in [0.15, 0.2) is 0 Å². The standard InChI is InChI=1S/C10H16BrF2N/c1-9(6-10(9,12)13)7-14-3-2-8(4-11)5-14/h8H,2-7H2,1H3. The predicted octanol–water partition coefficient (Wildman–Crippen LogP) is 2.75. The Bertz CT molecular complexity index is 234. The first-order valence-corrected chi connectivity index (χ1v) is 6.25. The number of hydrogen-bond donors (Lipinski definition) is 0. The van der Waals surface area contributed by atoms with Crippen molar-refractivity contribution in [3.63, 3.8) is 0 Å². The fourth-order valence-electron chi connectivity index (χ4n) is 2.29. The van der Waals surface area contributed by atoms with Gasteiger partial charge < -0.3 is 4.90 Å². The average Bonchev–Trinajstić information content (AvgIpc) is 2.50. The molecule has 1 aliphatic heterocycles. The summed E-state index contributed by atoms with van der Waals surface area (Å²) in [7, 11) is 0. The molecule has 2 fully saturated rings. The Balaban J connectivity index is 1.83. The predicted molar refractivity (Wildman–Crippen MR) is 56.0 cm³/mol. The number of rotatable bonds is 3. The van der Waals surface area contributed by atoms with Crippen LogP contribution in [0.5, 0.6) is 0 Å². The van der Waals surface area contributed by atoms with Gasteiger partial charge >= 0.3 is 0 Å². The number of likely N-dealkylation sites (tertiary alicyclic amines) is 1. The molecule has 0 N–H and O–H groups in total. The van der Waals surface area contributed by atoms with E-state index >= 15 is 0 Å². The van der Waals surface area contributed by atoms with Crippen molar-refractivity contribution < 1.29 is 8.78 Å². The average molecular weight is 268 g/mol. The van der Waals surface area contributed by atoms with E-state index in [0.717, 1.165) is 24.8 Å². The Kier molecular flexibility index (Phi) is 2.63. The van der Waals surface area contributed by atoms with Crippen molar-refractivity contribution in [3.8, 4) is 0 Å². The maximum Gasteiger partial charge on any atom is 0.255 e. The lowest BCUT2D eigenvalue weighted by molar-refractivity contribution is 0.0562. The maximum atomic E-state index is 13.0. The minimum atomic E-state index is -2.40. The molecule has 0 aromatic carbocycles. The van der Waals surface area contributed by atoms with Gasteiger partial charge in [0.05, 0.1) is 0 Å². The number of hydrogen-bond acceptors (Lipinski definition) is 1. The van der Waals surface area contributed by atoms with Gasteiger partial charge in [-0.15, -0.1) is 0 Å². The topological polar surface area (TPSA) is 3.24 Å². The van der Waals surface area contributed by atoms with E-state index in [1.165, 1.54) is 0 Å². The van der Waals surface area contributed by atoms with Gasteiger partial charge in [0.2, 0.25) is 0 Å². The van der Waals surface area contributed by atoms with Crippen LogP contribution in [0, 0.1) is 11.3 Å². The largest absolute Gasteiger partial charge is 0.302 e. The molecule has 2 unspecified atom stereocenters. The molecule has 1 aliphatic carbocycles. The van der Waals surface area contributed by atoms with Crippen molar-refractivity contribution in [2.75, 3.05) is 25.0 Å². The minimum Gasteiger partial charge on any atom is -0.302 e. The lowest BCUT2D eigenvalue weighted by Crippen LogP contribution is -2.30. The highest BCUT2D eigenvalue weighted by atomic mass is 79.9. The summed E-state index contributed by atoms with van der Waals surface area (Å²) < 4.78 is 26.0. The molecular weight excluding hydrogens is 252 g/mol. The van der Waals surface area contributed by atoms with E-state index in [1.54, 1.807) is 6.92 Å². The van der Waals surface area contributed by atoms with Crippen LogP contribution < -0.4 is 0 Å². The van der Waals surface area contributed by atoms with Crippen molar-refractivity contribution >= 4 is 15.9 Å². The second-order valence-electron chi connectivity index (χ2n) is 4.99. The van der Waals surface area contributed by atoms with Gasteiger partial charge in [0.25, 0.3) is 5.92 Å². The van der Waals surface area contributed by atoms with E-state index in [4.69, 9.17) is 0 Å². The Morgan fingerprint density at radius 3 is 2.57 bits per heavy atom. The molecule has 0 spiro atoms. The van der Waals surface area contributed by atoms with Gasteiger partial charge in [0.1, 0.15) is 0 Å². The summed E-state index contributed by atoms with van der Waals surface area (Å²) in [5.41, 5.74) is -0.728. The molecule has 1 nitrogen and oxygen atoms in total. The lowest BCUT2D eigenvalue weighted by atomic mass is 10.1. The van der Waals surface area contributed by atoms with Crippen LogP contribution in [0.4, 0.5) is 8.78 Å². The first-order chi connectivity index (χ1) is 6.47. The summed E-state index contributed by atoms with van der Waals surface area (Å²) in [5.74, 6) is -1.74. The molecule has 82 valence electrons. The third-order valence-corrected chi connectivity index (χ3v) is 4.45.